The molecule has 1 fully saturated rings. The van der Waals surface area contributed by atoms with Gasteiger partial charge in [0.15, 0.2) is 5.69 Å². The highest BCUT2D eigenvalue weighted by Crippen LogP contribution is 2.21. The van der Waals surface area contributed by atoms with Crippen molar-refractivity contribution < 1.29 is 9.90 Å². The topological polar surface area (TPSA) is 71.2 Å². The molecule has 1 aliphatic rings. The maximum atomic E-state index is 11.2. The summed E-state index contributed by atoms with van der Waals surface area (Å²) >= 11 is 0. The number of aromatic nitrogens is 3. The van der Waals surface area contributed by atoms with E-state index >= 15 is 0 Å². The largest absolute Gasteiger partial charge is 0.476 e. The average Bonchev–Trinajstić information content (AvgIpc) is 2.82. The highest BCUT2D eigenvalue weighted by molar-refractivity contribution is 5.86. The molecule has 2 rings (SSSR count). The predicted octanol–water partition coefficient (Wildman–Crippen LogP) is 1.97. The normalized spacial score (nSPS) is 20.5. The summed E-state index contributed by atoms with van der Waals surface area (Å²) < 4.78 is 1.77. The van der Waals surface area contributed by atoms with Crippen LogP contribution in [0.1, 0.15) is 61.6 Å². The van der Waals surface area contributed by atoms with Gasteiger partial charge in [-0.05, 0) is 38.8 Å². The summed E-state index contributed by atoms with van der Waals surface area (Å²) in [6.45, 7) is 5.85. The first-order chi connectivity index (χ1) is 9.50. The Balaban J connectivity index is 2.07. The lowest BCUT2D eigenvalue weighted by Gasteiger charge is -2.32. The van der Waals surface area contributed by atoms with Gasteiger partial charge in [0, 0.05) is 12.6 Å². The van der Waals surface area contributed by atoms with Crippen molar-refractivity contribution in [1.82, 2.24) is 19.9 Å². The molecule has 1 aromatic rings. The van der Waals surface area contributed by atoms with Gasteiger partial charge in [0.05, 0.1) is 5.69 Å². The van der Waals surface area contributed by atoms with Crippen LogP contribution in [0.5, 0.6) is 0 Å². The third kappa shape index (κ3) is 3.17. The molecule has 20 heavy (non-hydrogen) atoms. The molecule has 0 aromatic carbocycles. The molecule has 1 saturated heterocycles. The molecule has 0 amide bonds. The van der Waals surface area contributed by atoms with E-state index in [1.165, 1.54) is 19.3 Å². The average molecular weight is 280 g/mol. The number of likely N-dealkylation sites (tertiary alicyclic amines) is 1. The standard InChI is InChI=1S/C14H24N4O2/c1-10(2)13-12(14(19)20)15-16-18(13)9-7-11-6-4-5-8-17(11)3/h10-11H,4-9H2,1-3H3,(H,19,20). The number of nitrogens with zero attached hydrogens (tertiary/aromatic N) is 4. The highest BCUT2D eigenvalue weighted by atomic mass is 16.4. The van der Waals surface area contributed by atoms with E-state index in [0.29, 0.717) is 6.04 Å². The minimum atomic E-state index is -0.991. The molecule has 6 nitrogen and oxygen atoms in total. The smallest absolute Gasteiger partial charge is 0.358 e. The predicted molar refractivity (Wildman–Crippen MR) is 76.0 cm³/mol. The van der Waals surface area contributed by atoms with Gasteiger partial charge in [-0.15, -0.1) is 5.10 Å². The lowest BCUT2D eigenvalue weighted by atomic mass is 10.00. The lowest BCUT2D eigenvalue weighted by Crippen LogP contribution is -2.37. The number of hydrogen-bond donors (Lipinski definition) is 1. The lowest BCUT2D eigenvalue weighted by molar-refractivity contribution is 0.0688. The minimum Gasteiger partial charge on any atom is -0.476 e. The van der Waals surface area contributed by atoms with Crippen LogP contribution in [0, 0.1) is 0 Å². The van der Waals surface area contributed by atoms with Gasteiger partial charge < -0.3 is 10.0 Å². The Morgan fingerprint density at radius 2 is 2.20 bits per heavy atom. The Hall–Kier alpha value is -1.43. The molecule has 1 atom stereocenters. The van der Waals surface area contributed by atoms with Gasteiger partial charge >= 0.3 is 5.97 Å². The van der Waals surface area contributed by atoms with E-state index in [1.807, 2.05) is 13.8 Å². The first-order valence-corrected chi connectivity index (χ1v) is 7.37. The zero-order valence-corrected chi connectivity index (χ0v) is 12.5. The number of piperidine rings is 1. The van der Waals surface area contributed by atoms with Gasteiger partial charge in [-0.2, -0.15) is 0 Å². The summed E-state index contributed by atoms with van der Waals surface area (Å²) in [6, 6.07) is 0.571. The first-order valence-electron chi connectivity index (χ1n) is 7.37. The molecule has 0 aliphatic carbocycles. The molecule has 112 valence electrons. The number of carbonyl (C=O) groups is 1. The summed E-state index contributed by atoms with van der Waals surface area (Å²) in [5.41, 5.74) is 0.827. The van der Waals surface area contributed by atoms with E-state index in [1.54, 1.807) is 4.68 Å². The van der Waals surface area contributed by atoms with E-state index in [2.05, 4.69) is 22.3 Å². The summed E-state index contributed by atoms with van der Waals surface area (Å²) in [4.78, 5) is 13.6. The van der Waals surface area contributed by atoms with Gasteiger partial charge in [0.25, 0.3) is 0 Å². The monoisotopic (exact) mass is 280 g/mol. The summed E-state index contributed by atoms with van der Waals surface area (Å²) in [5, 5.41) is 17.0. The van der Waals surface area contributed by atoms with E-state index in [9.17, 15) is 4.79 Å². The Labute approximate surface area is 119 Å². The van der Waals surface area contributed by atoms with Gasteiger partial charge in [-0.3, -0.25) is 0 Å². The molecular formula is C14H24N4O2. The van der Waals surface area contributed by atoms with Gasteiger partial charge in [-0.25, -0.2) is 9.48 Å². The van der Waals surface area contributed by atoms with Crippen LogP contribution in [0.4, 0.5) is 0 Å². The zero-order chi connectivity index (χ0) is 14.7. The number of rotatable bonds is 5. The molecule has 0 bridgehead atoms. The molecule has 6 heteroatoms. The second-order valence-corrected chi connectivity index (χ2v) is 5.93. The van der Waals surface area contributed by atoms with Gasteiger partial charge in [0.1, 0.15) is 0 Å². The van der Waals surface area contributed by atoms with Crippen LogP contribution < -0.4 is 0 Å². The van der Waals surface area contributed by atoms with Crippen LogP contribution in [0.3, 0.4) is 0 Å². The fraction of sp³-hybridized carbons (Fsp3) is 0.786. The van der Waals surface area contributed by atoms with Crippen molar-refractivity contribution in [3.05, 3.63) is 11.4 Å². The van der Waals surface area contributed by atoms with Crippen LogP contribution in [0.25, 0.3) is 0 Å². The summed E-state index contributed by atoms with van der Waals surface area (Å²) in [7, 11) is 2.16. The molecule has 1 aromatic heterocycles. The number of aryl methyl sites for hydroxylation is 1. The summed E-state index contributed by atoms with van der Waals surface area (Å²) in [6.07, 6.45) is 4.77. The molecule has 1 N–H and O–H groups in total. The Morgan fingerprint density at radius 3 is 2.80 bits per heavy atom. The van der Waals surface area contributed by atoms with Crippen molar-refractivity contribution in [3.8, 4) is 0 Å². The fourth-order valence-electron chi connectivity index (χ4n) is 2.99. The summed E-state index contributed by atoms with van der Waals surface area (Å²) in [5.74, 6) is -0.880. The maximum Gasteiger partial charge on any atom is 0.358 e. The Kier molecular flexibility index (Phi) is 4.75. The fourth-order valence-corrected chi connectivity index (χ4v) is 2.99. The van der Waals surface area contributed by atoms with Crippen LogP contribution in [0.2, 0.25) is 0 Å². The van der Waals surface area contributed by atoms with Crippen molar-refractivity contribution >= 4 is 5.97 Å². The van der Waals surface area contributed by atoms with Crippen LogP contribution in [0.15, 0.2) is 0 Å². The van der Waals surface area contributed by atoms with E-state index in [4.69, 9.17) is 5.11 Å². The van der Waals surface area contributed by atoms with Crippen LogP contribution >= 0.6 is 0 Å². The van der Waals surface area contributed by atoms with Crippen molar-refractivity contribution in [2.45, 2.75) is 58.0 Å². The Bertz CT molecular complexity index is 470. The molecule has 0 saturated carbocycles. The highest BCUT2D eigenvalue weighted by Gasteiger charge is 2.23. The number of carboxylic acids is 1. The van der Waals surface area contributed by atoms with E-state index in [0.717, 1.165) is 25.2 Å². The van der Waals surface area contributed by atoms with Crippen molar-refractivity contribution in [2.75, 3.05) is 13.6 Å². The Morgan fingerprint density at radius 1 is 1.45 bits per heavy atom. The molecule has 2 heterocycles. The third-order valence-corrected chi connectivity index (χ3v) is 4.12. The second-order valence-electron chi connectivity index (χ2n) is 5.93. The van der Waals surface area contributed by atoms with Crippen molar-refractivity contribution in [3.63, 3.8) is 0 Å². The molecule has 0 spiro atoms. The maximum absolute atomic E-state index is 11.2. The SMILES string of the molecule is CC(C)c1c(C(=O)O)nnn1CCC1CCCCN1C. The van der Waals surface area contributed by atoms with Gasteiger partial charge in [-0.1, -0.05) is 25.5 Å². The first kappa shape index (κ1) is 15.0. The molecule has 0 radical (unpaired) electrons. The van der Waals surface area contributed by atoms with Crippen LogP contribution in [-0.2, 0) is 6.54 Å². The number of hydrogen-bond acceptors (Lipinski definition) is 4. The molecular weight excluding hydrogens is 256 g/mol. The van der Waals surface area contributed by atoms with Crippen molar-refractivity contribution in [2.24, 2.45) is 0 Å². The number of aromatic carboxylic acids is 1. The van der Waals surface area contributed by atoms with E-state index < -0.39 is 5.97 Å². The van der Waals surface area contributed by atoms with Crippen molar-refractivity contribution in [1.29, 1.82) is 0 Å². The van der Waals surface area contributed by atoms with Crippen LogP contribution in [-0.4, -0.2) is 50.6 Å². The third-order valence-electron chi connectivity index (χ3n) is 4.12. The molecule has 1 unspecified atom stereocenters. The quantitative estimate of drug-likeness (QED) is 0.893. The number of carboxylic acid groups (broad SMARTS) is 1. The zero-order valence-electron chi connectivity index (χ0n) is 12.5. The van der Waals surface area contributed by atoms with E-state index in [-0.39, 0.29) is 11.6 Å². The minimum absolute atomic E-state index is 0.0944. The van der Waals surface area contributed by atoms with Gasteiger partial charge in [0.2, 0.25) is 0 Å². The second kappa shape index (κ2) is 6.35. The molecule has 1 aliphatic heterocycles.